The standard InChI is InChI=1S/C25H24ClF2N5O3/c1-13-10-30-18(17-5-6-29-24(32-17)25(3,4)35)9-20(13)33-14(2)7-21(22(26)23(33)34)36-12-19-16(28)8-15(27)11-31-19/h5-9,11,13,35H,10,12H2,1-4H3. The van der Waals surface area contributed by atoms with Crippen LogP contribution in [0, 0.1) is 24.5 Å². The molecule has 4 heterocycles. The molecule has 0 aliphatic carbocycles. The van der Waals surface area contributed by atoms with Crippen LogP contribution in [0.2, 0.25) is 5.02 Å². The highest BCUT2D eigenvalue weighted by Crippen LogP contribution is 2.28. The van der Waals surface area contributed by atoms with Gasteiger partial charge in [-0.15, -0.1) is 0 Å². The van der Waals surface area contributed by atoms with Crippen molar-refractivity contribution in [3.8, 4) is 5.75 Å². The quantitative estimate of drug-likeness (QED) is 0.531. The van der Waals surface area contributed by atoms with E-state index in [2.05, 4.69) is 19.9 Å². The van der Waals surface area contributed by atoms with Crippen molar-refractivity contribution in [1.29, 1.82) is 0 Å². The summed E-state index contributed by atoms with van der Waals surface area (Å²) >= 11 is 6.35. The Morgan fingerprint density at radius 3 is 2.72 bits per heavy atom. The predicted molar refractivity (Wildman–Crippen MR) is 131 cm³/mol. The van der Waals surface area contributed by atoms with Gasteiger partial charge in [0.25, 0.3) is 5.56 Å². The van der Waals surface area contributed by atoms with Crippen molar-refractivity contribution in [2.24, 2.45) is 10.9 Å². The molecule has 3 aromatic heterocycles. The van der Waals surface area contributed by atoms with E-state index >= 15 is 0 Å². The van der Waals surface area contributed by atoms with Gasteiger partial charge in [0, 0.05) is 42.2 Å². The number of ether oxygens (including phenoxy) is 1. The van der Waals surface area contributed by atoms with E-state index in [-0.39, 0.29) is 34.8 Å². The molecule has 4 rings (SSSR count). The lowest BCUT2D eigenvalue weighted by Crippen LogP contribution is -2.29. The summed E-state index contributed by atoms with van der Waals surface area (Å²) in [4.78, 5) is 30.1. The van der Waals surface area contributed by atoms with Crippen molar-refractivity contribution in [3.63, 3.8) is 0 Å². The largest absolute Gasteiger partial charge is 0.485 e. The maximum atomic E-state index is 13.9. The molecule has 1 aliphatic heterocycles. The Bertz CT molecular complexity index is 1450. The number of hydrogen-bond acceptors (Lipinski definition) is 7. The van der Waals surface area contributed by atoms with E-state index in [9.17, 15) is 18.7 Å². The number of dihydropyridines is 1. The van der Waals surface area contributed by atoms with E-state index in [1.165, 1.54) is 4.57 Å². The fraction of sp³-hybridized carbons (Fsp3) is 0.320. The molecule has 188 valence electrons. The maximum Gasteiger partial charge on any atom is 0.277 e. The third kappa shape index (κ3) is 5.19. The molecule has 1 aliphatic rings. The van der Waals surface area contributed by atoms with Gasteiger partial charge in [-0.2, -0.15) is 0 Å². The molecule has 0 fully saturated rings. The second-order valence-electron chi connectivity index (χ2n) is 9.00. The van der Waals surface area contributed by atoms with Gasteiger partial charge >= 0.3 is 0 Å². The van der Waals surface area contributed by atoms with E-state index in [1.807, 2.05) is 6.92 Å². The van der Waals surface area contributed by atoms with E-state index in [1.54, 1.807) is 45.2 Å². The highest BCUT2D eigenvalue weighted by molar-refractivity contribution is 6.31. The average molecular weight is 516 g/mol. The molecule has 3 aromatic rings. The minimum absolute atomic E-state index is 0.0597. The molecule has 0 radical (unpaired) electrons. The summed E-state index contributed by atoms with van der Waals surface area (Å²) < 4.78 is 34.0. The number of halogens is 3. The predicted octanol–water partition coefficient (Wildman–Crippen LogP) is 4.06. The number of hydrogen-bond donors (Lipinski definition) is 1. The lowest BCUT2D eigenvalue weighted by molar-refractivity contribution is 0.0686. The van der Waals surface area contributed by atoms with Crippen molar-refractivity contribution in [2.75, 3.05) is 6.54 Å². The lowest BCUT2D eigenvalue weighted by atomic mass is 10.0. The molecule has 0 amide bonds. The molecule has 0 spiro atoms. The molecule has 0 bridgehead atoms. The smallest absolute Gasteiger partial charge is 0.277 e. The van der Waals surface area contributed by atoms with Crippen LogP contribution in [0.1, 0.15) is 43.7 Å². The normalized spacial score (nSPS) is 15.9. The van der Waals surface area contributed by atoms with Crippen LogP contribution < -0.4 is 10.3 Å². The fourth-order valence-electron chi connectivity index (χ4n) is 3.70. The molecule has 1 atom stereocenters. The van der Waals surface area contributed by atoms with Gasteiger partial charge in [0.1, 0.15) is 34.5 Å². The number of pyridine rings is 2. The summed E-state index contributed by atoms with van der Waals surface area (Å²) in [5.74, 6) is -1.46. The first kappa shape index (κ1) is 25.6. The van der Waals surface area contributed by atoms with Gasteiger partial charge in [-0.3, -0.25) is 19.3 Å². The zero-order valence-electron chi connectivity index (χ0n) is 20.1. The summed E-state index contributed by atoms with van der Waals surface area (Å²) in [6.07, 6.45) is 4.18. The Morgan fingerprint density at radius 1 is 1.28 bits per heavy atom. The third-order valence-electron chi connectivity index (χ3n) is 5.60. The summed E-state index contributed by atoms with van der Waals surface area (Å²) in [6.45, 7) is 6.90. The monoisotopic (exact) mass is 515 g/mol. The van der Waals surface area contributed by atoms with Gasteiger partial charge < -0.3 is 9.84 Å². The van der Waals surface area contributed by atoms with Crippen LogP contribution in [0.15, 0.2) is 46.5 Å². The molecule has 8 nitrogen and oxygen atoms in total. The van der Waals surface area contributed by atoms with Crippen molar-refractivity contribution in [1.82, 2.24) is 19.5 Å². The van der Waals surface area contributed by atoms with Gasteiger partial charge in [0.05, 0.1) is 17.6 Å². The number of aromatic nitrogens is 4. The molecule has 0 aromatic carbocycles. The summed E-state index contributed by atoms with van der Waals surface area (Å²) in [5, 5.41) is 10.1. The first-order valence-corrected chi connectivity index (χ1v) is 11.5. The zero-order valence-corrected chi connectivity index (χ0v) is 20.8. The highest BCUT2D eigenvalue weighted by atomic mass is 35.5. The summed E-state index contributed by atoms with van der Waals surface area (Å²) in [5.41, 5.74) is 0.381. The zero-order chi connectivity index (χ0) is 26.2. The van der Waals surface area contributed by atoms with Crippen LogP contribution in [0.4, 0.5) is 8.78 Å². The van der Waals surface area contributed by atoms with Crippen molar-refractivity contribution < 1.29 is 18.6 Å². The lowest BCUT2D eigenvalue weighted by Gasteiger charge is -2.24. The maximum absolute atomic E-state index is 13.9. The van der Waals surface area contributed by atoms with Crippen LogP contribution in [0.25, 0.3) is 5.70 Å². The number of aliphatic imine (C=N–C) groups is 1. The van der Waals surface area contributed by atoms with Gasteiger partial charge in [0.2, 0.25) is 0 Å². The molecule has 1 N–H and O–H groups in total. The molecule has 36 heavy (non-hydrogen) atoms. The van der Waals surface area contributed by atoms with E-state index in [0.29, 0.717) is 35.4 Å². The summed E-state index contributed by atoms with van der Waals surface area (Å²) in [7, 11) is 0. The minimum atomic E-state index is -1.23. The number of aliphatic hydroxyl groups is 1. The highest BCUT2D eigenvalue weighted by Gasteiger charge is 2.25. The first-order valence-electron chi connectivity index (χ1n) is 11.1. The third-order valence-corrected chi connectivity index (χ3v) is 5.94. The Hall–Kier alpha value is -3.50. The van der Waals surface area contributed by atoms with Crippen molar-refractivity contribution >= 4 is 23.0 Å². The molecular weight excluding hydrogens is 492 g/mol. The number of allylic oxidation sites excluding steroid dienone is 1. The van der Waals surface area contributed by atoms with Crippen LogP contribution in [0.3, 0.4) is 0 Å². The van der Waals surface area contributed by atoms with E-state index < -0.39 is 22.8 Å². The number of nitrogens with zero attached hydrogens (tertiary/aromatic N) is 5. The van der Waals surface area contributed by atoms with Crippen LogP contribution in [-0.2, 0) is 12.2 Å². The number of aryl methyl sites for hydroxylation is 1. The second-order valence-corrected chi connectivity index (χ2v) is 9.37. The van der Waals surface area contributed by atoms with E-state index in [0.717, 1.165) is 6.20 Å². The number of rotatable bonds is 6. The topological polar surface area (TPSA) is 102 Å². The Balaban J connectivity index is 1.68. The van der Waals surface area contributed by atoms with Gasteiger partial charge in [-0.05, 0) is 32.9 Å². The minimum Gasteiger partial charge on any atom is -0.485 e. The molecule has 0 saturated heterocycles. The van der Waals surface area contributed by atoms with Crippen LogP contribution in [-0.4, -0.2) is 36.9 Å². The van der Waals surface area contributed by atoms with E-state index in [4.69, 9.17) is 16.3 Å². The van der Waals surface area contributed by atoms with Gasteiger partial charge in [0.15, 0.2) is 11.6 Å². The first-order chi connectivity index (χ1) is 17.0. The van der Waals surface area contributed by atoms with Crippen molar-refractivity contribution in [2.45, 2.75) is 39.9 Å². The summed E-state index contributed by atoms with van der Waals surface area (Å²) in [6, 6.07) is 3.95. The average Bonchev–Trinajstić information content (AvgIpc) is 2.82. The van der Waals surface area contributed by atoms with Crippen LogP contribution in [0.5, 0.6) is 5.75 Å². The van der Waals surface area contributed by atoms with Gasteiger partial charge in [-0.25, -0.2) is 18.7 Å². The molecule has 11 heteroatoms. The van der Waals surface area contributed by atoms with Crippen molar-refractivity contribution in [3.05, 3.63) is 86.6 Å². The Morgan fingerprint density at radius 2 is 2.03 bits per heavy atom. The fourth-order valence-corrected chi connectivity index (χ4v) is 3.89. The molecule has 0 saturated carbocycles. The Labute approximate surface area is 211 Å². The van der Waals surface area contributed by atoms with Crippen LogP contribution >= 0.6 is 11.6 Å². The molecular formula is C25H24ClF2N5O3. The Kier molecular flexibility index (Phi) is 7.01. The van der Waals surface area contributed by atoms with Gasteiger partial charge in [-0.1, -0.05) is 18.5 Å². The second kappa shape index (κ2) is 9.87. The molecule has 1 unspecified atom stereocenters. The SMILES string of the molecule is Cc1cc(OCc2ncc(F)cc2F)c(Cl)c(=O)n1C1=CC(c2ccnc(C(C)(C)O)n2)=NCC1C.